The minimum Gasteiger partial charge on any atom is -0.494 e. The van der Waals surface area contributed by atoms with Crippen molar-refractivity contribution in [2.24, 2.45) is 0 Å². The second-order valence-corrected chi connectivity index (χ2v) is 6.69. The Labute approximate surface area is 176 Å². The maximum Gasteiger partial charge on any atom is 0.261 e. The first-order valence-electron chi connectivity index (χ1n) is 9.88. The molecular weight excluding hydrogens is 376 g/mol. The molecule has 0 bridgehead atoms. The van der Waals surface area contributed by atoms with E-state index in [2.05, 4.69) is 12.2 Å². The number of rotatable bonds is 8. The minimum atomic E-state index is -0.435. The summed E-state index contributed by atoms with van der Waals surface area (Å²) in [6, 6.07) is 19.3. The van der Waals surface area contributed by atoms with Crippen LogP contribution in [0.2, 0.25) is 0 Å². The smallest absolute Gasteiger partial charge is 0.261 e. The van der Waals surface area contributed by atoms with Crippen molar-refractivity contribution in [2.45, 2.75) is 19.8 Å². The molecule has 0 unspecified atom stereocenters. The highest BCUT2D eigenvalue weighted by Crippen LogP contribution is 2.27. The van der Waals surface area contributed by atoms with Crippen molar-refractivity contribution < 1.29 is 9.53 Å². The summed E-state index contributed by atoms with van der Waals surface area (Å²) in [7, 11) is 1.50. The van der Waals surface area contributed by atoms with E-state index in [0.29, 0.717) is 17.9 Å². The molecule has 0 aliphatic heterocycles. The molecule has 3 rings (SSSR count). The Hall–Kier alpha value is -3.85. The molecule has 152 valence electrons. The predicted molar refractivity (Wildman–Crippen MR) is 117 cm³/mol. The highest BCUT2D eigenvalue weighted by atomic mass is 16.5. The summed E-state index contributed by atoms with van der Waals surface area (Å²) in [5.74, 6) is 0.366. The van der Waals surface area contributed by atoms with Gasteiger partial charge in [-0.1, -0.05) is 31.5 Å². The van der Waals surface area contributed by atoms with Crippen molar-refractivity contribution in [3.8, 4) is 28.8 Å². The van der Waals surface area contributed by atoms with E-state index in [1.807, 2.05) is 66.9 Å². The van der Waals surface area contributed by atoms with Crippen molar-refractivity contribution in [1.29, 1.82) is 5.26 Å². The molecule has 1 N–H and O–H groups in total. The van der Waals surface area contributed by atoms with Gasteiger partial charge in [0.05, 0.1) is 18.0 Å². The summed E-state index contributed by atoms with van der Waals surface area (Å²) in [4.78, 5) is 12.0. The van der Waals surface area contributed by atoms with Gasteiger partial charge in [0, 0.05) is 24.4 Å². The molecule has 1 heterocycles. The summed E-state index contributed by atoms with van der Waals surface area (Å²) in [5, 5.41) is 16.6. The van der Waals surface area contributed by atoms with Gasteiger partial charge < -0.3 is 10.1 Å². The molecule has 1 aromatic heterocycles. The Morgan fingerprint density at radius 1 is 1.20 bits per heavy atom. The Bertz CT molecular complexity index is 1060. The van der Waals surface area contributed by atoms with Crippen LogP contribution < -0.4 is 10.1 Å². The molecule has 0 aliphatic carbocycles. The number of nitrogens with zero attached hydrogens (tertiary/aromatic N) is 3. The topological polar surface area (TPSA) is 79.9 Å². The van der Waals surface area contributed by atoms with Crippen LogP contribution in [0.5, 0.6) is 5.75 Å². The van der Waals surface area contributed by atoms with Crippen LogP contribution in [0.25, 0.3) is 23.0 Å². The number of para-hydroxylation sites is 1. The maximum atomic E-state index is 12.0. The molecule has 0 fully saturated rings. The fourth-order valence-corrected chi connectivity index (χ4v) is 2.91. The first-order chi connectivity index (χ1) is 14.7. The molecule has 0 saturated carbocycles. The normalized spacial score (nSPS) is 11.0. The van der Waals surface area contributed by atoms with Crippen molar-refractivity contribution in [3.63, 3.8) is 0 Å². The number of benzene rings is 2. The van der Waals surface area contributed by atoms with Crippen molar-refractivity contribution in [2.75, 3.05) is 13.7 Å². The number of carbonyl (C=O) groups is 1. The first kappa shape index (κ1) is 20.9. The molecule has 2 aromatic carbocycles. The number of likely N-dealkylation sites (N-methyl/N-ethyl adjacent to an activating group) is 1. The summed E-state index contributed by atoms with van der Waals surface area (Å²) in [6.45, 7) is 2.81. The van der Waals surface area contributed by atoms with Crippen LogP contribution in [0.15, 0.2) is 66.4 Å². The van der Waals surface area contributed by atoms with E-state index in [9.17, 15) is 10.1 Å². The fourth-order valence-electron chi connectivity index (χ4n) is 2.91. The molecule has 1 amide bonds. The standard InChI is InChI=1S/C24H24N4O2/c1-3-4-14-30-22-12-10-18(11-13-22)23-20(15-19(16-25)24(29)26-2)17-28(27-23)21-8-6-5-7-9-21/h5-13,15,17H,3-4,14H2,1-2H3,(H,26,29). The van der Waals surface area contributed by atoms with E-state index in [-0.39, 0.29) is 5.57 Å². The summed E-state index contributed by atoms with van der Waals surface area (Å²) >= 11 is 0. The average Bonchev–Trinajstić information content (AvgIpc) is 3.22. The van der Waals surface area contributed by atoms with Crippen LogP contribution in [-0.4, -0.2) is 29.3 Å². The van der Waals surface area contributed by atoms with Crippen LogP contribution in [0.4, 0.5) is 0 Å². The molecule has 0 radical (unpaired) electrons. The molecule has 0 spiro atoms. The number of unbranched alkanes of at least 4 members (excludes halogenated alkanes) is 1. The zero-order valence-electron chi connectivity index (χ0n) is 17.1. The minimum absolute atomic E-state index is 0.0193. The fraction of sp³-hybridized carbons (Fsp3) is 0.208. The lowest BCUT2D eigenvalue weighted by atomic mass is 10.1. The molecule has 0 saturated heterocycles. The lowest BCUT2D eigenvalue weighted by molar-refractivity contribution is -0.116. The summed E-state index contributed by atoms with van der Waals surface area (Å²) in [5.41, 5.74) is 3.13. The van der Waals surface area contributed by atoms with E-state index in [1.54, 1.807) is 10.8 Å². The van der Waals surface area contributed by atoms with Gasteiger partial charge in [0.25, 0.3) is 5.91 Å². The predicted octanol–water partition coefficient (Wildman–Crippen LogP) is 4.37. The van der Waals surface area contributed by atoms with E-state index < -0.39 is 5.91 Å². The Balaban J connectivity index is 2.01. The van der Waals surface area contributed by atoms with Crippen LogP contribution in [0.1, 0.15) is 25.3 Å². The van der Waals surface area contributed by atoms with Crippen LogP contribution >= 0.6 is 0 Å². The number of nitrogens with one attached hydrogen (secondary N) is 1. The molecule has 6 nitrogen and oxygen atoms in total. The van der Waals surface area contributed by atoms with Crippen LogP contribution in [-0.2, 0) is 4.79 Å². The second-order valence-electron chi connectivity index (χ2n) is 6.69. The maximum absolute atomic E-state index is 12.0. The van der Waals surface area contributed by atoms with Crippen LogP contribution in [0, 0.1) is 11.3 Å². The zero-order chi connectivity index (χ0) is 21.3. The SMILES string of the molecule is CCCCOc1ccc(-c2nn(-c3ccccc3)cc2C=C(C#N)C(=O)NC)cc1. The summed E-state index contributed by atoms with van der Waals surface area (Å²) < 4.78 is 7.48. The third kappa shape index (κ3) is 4.95. The van der Waals surface area contributed by atoms with Gasteiger partial charge >= 0.3 is 0 Å². The molecule has 0 atom stereocenters. The molecular formula is C24H24N4O2. The second kappa shape index (κ2) is 10.1. The van der Waals surface area contributed by atoms with Crippen molar-refractivity contribution in [1.82, 2.24) is 15.1 Å². The number of hydrogen-bond acceptors (Lipinski definition) is 4. The largest absolute Gasteiger partial charge is 0.494 e. The number of aromatic nitrogens is 2. The van der Waals surface area contributed by atoms with E-state index in [0.717, 1.165) is 29.8 Å². The van der Waals surface area contributed by atoms with Crippen molar-refractivity contribution >= 4 is 12.0 Å². The molecule has 6 heteroatoms. The number of hydrogen-bond donors (Lipinski definition) is 1. The highest BCUT2D eigenvalue weighted by molar-refractivity contribution is 6.02. The van der Waals surface area contributed by atoms with E-state index in [1.165, 1.54) is 7.05 Å². The molecule has 3 aromatic rings. The van der Waals surface area contributed by atoms with Gasteiger partial charge in [-0.05, 0) is 48.9 Å². The number of carbonyl (C=O) groups excluding carboxylic acids is 1. The molecule has 30 heavy (non-hydrogen) atoms. The van der Waals surface area contributed by atoms with Crippen LogP contribution in [0.3, 0.4) is 0 Å². The van der Waals surface area contributed by atoms with Gasteiger partial charge in [0.2, 0.25) is 0 Å². The lowest BCUT2D eigenvalue weighted by Gasteiger charge is -2.06. The number of nitriles is 1. The van der Waals surface area contributed by atoms with E-state index in [4.69, 9.17) is 9.84 Å². The monoisotopic (exact) mass is 400 g/mol. The summed E-state index contributed by atoms with van der Waals surface area (Å²) in [6.07, 6.45) is 5.47. The van der Waals surface area contributed by atoms with Gasteiger partial charge in [-0.15, -0.1) is 0 Å². The third-order valence-electron chi connectivity index (χ3n) is 4.55. The van der Waals surface area contributed by atoms with E-state index >= 15 is 0 Å². The third-order valence-corrected chi connectivity index (χ3v) is 4.55. The lowest BCUT2D eigenvalue weighted by Crippen LogP contribution is -2.19. The number of amides is 1. The average molecular weight is 400 g/mol. The first-order valence-corrected chi connectivity index (χ1v) is 9.88. The van der Waals surface area contributed by atoms with Gasteiger partial charge in [0.15, 0.2) is 0 Å². The van der Waals surface area contributed by atoms with Gasteiger partial charge in [-0.2, -0.15) is 10.4 Å². The quantitative estimate of drug-likeness (QED) is 0.346. The van der Waals surface area contributed by atoms with Crippen molar-refractivity contribution in [3.05, 3.63) is 71.9 Å². The van der Waals surface area contributed by atoms with Gasteiger partial charge in [-0.25, -0.2) is 4.68 Å². The van der Waals surface area contributed by atoms with Gasteiger partial charge in [0.1, 0.15) is 17.4 Å². The zero-order valence-corrected chi connectivity index (χ0v) is 17.1. The Morgan fingerprint density at radius 2 is 1.93 bits per heavy atom. The Kier molecular flexibility index (Phi) is 7.01. The molecule has 0 aliphatic rings. The number of ether oxygens (including phenoxy) is 1. The highest BCUT2D eigenvalue weighted by Gasteiger charge is 2.14. The van der Waals surface area contributed by atoms with Gasteiger partial charge in [-0.3, -0.25) is 4.79 Å². The Morgan fingerprint density at radius 3 is 2.57 bits per heavy atom.